The highest BCUT2D eigenvalue weighted by Gasteiger charge is 2.59. The van der Waals surface area contributed by atoms with Gasteiger partial charge in [-0.25, -0.2) is 0 Å². The summed E-state index contributed by atoms with van der Waals surface area (Å²) in [6.45, 7) is 15.2. The van der Waals surface area contributed by atoms with Crippen LogP contribution in [0.1, 0.15) is 112 Å². The summed E-state index contributed by atoms with van der Waals surface area (Å²) in [4.78, 5) is 0. The maximum atomic E-state index is 6.58. The molecule has 0 saturated heterocycles. The van der Waals surface area contributed by atoms with Crippen molar-refractivity contribution in [1.29, 1.82) is 0 Å². The molecule has 4 aliphatic carbocycles. The van der Waals surface area contributed by atoms with Crippen molar-refractivity contribution in [3.63, 3.8) is 0 Å². The van der Waals surface area contributed by atoms with Crippen molar-refractivity contribution in [3.8, 4) is 0 Å². The smallest absolute Gasteiger partial charge is 0.0373 e. The predicted molar refractivity (Wildman–Crippen MR) is 132 cm³/mol. The molecule has 9 atom stereocenters. The fourth-order valence-corrected chi connectivity index (χ4v) is 9.55. The van der Waals surface area contributed by atoms with E-state index in [2.05, 4.69) is 47.6 Å². The van der Waals surface area contributed by atoms with Gasteiger partial charge in [0.25, 0.3) is 0 Å². The second-order valence-corrected chi connectivity index (χ2v) is 13.4. The number of halogens is 1. The molecule has 0 aromatic carbocycles. The number of allylic oxidation sites excluding steroid dienone is 2. The minimum atomic E-state index is 0.393. The molecular formula is C29H49Cl. The molecule has 2 unspecified atom stereocenters. The second-order valence-electron chi connectivity index (χ2n) is 12.8. The van der Waals surface area contributed by atoms with Gasteiger partial charge in [-0.3, -0.25) is 0 Å². The quantitative estimate of drug-likeness (QED) is 0.289. The SMILES string of the molecule is CCC(CC[C@@H](C)[C@H]1CC[C@H]2[C@@H]3CC=C4CC(Cl)CC[C@]4(C)[C@H]3CC[C@]12C)C(C)C. The summed E-state index contributed by atoms with van der Waals surface area (Å²) in [5.74, 6) is 6.48. The van der Waals surface area contributed by atoms with E-state index in [9.17, 15) is 0 Å². The van der Waals surface area contributed by atoms with Crippen molar-refractivity contribution >= 4 is 11.6 Å². The van der Waals surface area contributed by atoms with Crippen LogP contribution < -0.4 is 0 Å². The molecule has 3 saturated carbocycles. The van der Waals surface area contributed by atoms with Gasteiger partial charge in [-0.2, -0.15) is 0 Å². The third-order valence-corrected chi connectivity index (χ3v) is 11.6. The summed E-state index contributed by atoms with van der Waals surface area (Å²) in [5.41, 5.74) is 2.80. The van der Waals surface area contributed by atoms with Crippen LogP contribution in [0.15, 0.2) is 11.6 Å². The van der Waals surface area contributed by atoms with Crippen molar-refractivity contribution in [2.45, 2.75) is 118 Å². The first kappa shape index (κ1) is 23.2. The third-order valence-electron chi connectivity index (χ3n) is 11.3. The van der Waals surface area contributed by atoms with Gasteiger partial charge in [0.2, 0.25) is 0 Å². The zero-order chi connectivity index (χ0) is 21.7. The molecule has 0 heterocycles. The Balaban J connectivity index is 1.47. The van der Waals surface area contributed by atoms with Crippen molar-refractivity contribution < 1.29 is 0 Å². The Labute approximate surface area is 193 Å². The molecule has 4 rings (SSSR count). The molecule has 0 N–H and O–H groups in total. The van der Waals surface area contributed by atoms with Gasteiger partial charge < -0.3 is 0 Å². The van der Waals surface area contributed by atoms with E-state index in [4.69, 9.17) is 11.6 Å². The largest absolute Gasteiger partial charge is 0.123 e. The van der Waals surface area contributed by atoms with E-state index in [1.807, 2.05) is 0 Å². The van der Waals surface area contributed by atoms with Crippen LogP contribution in [-0.2, 0) is 0 Å². The third kappa shape index (κ3) is 3.84. The predicted octanol–water partition coefficient (Wildman–Crippen LogP) is 9.27. The lowest BCUT2D eigenvalue weighted by Crippen LogP contribution is -2.50. The Hall–Kier alpha value is 0.0300. The molecule has 172 valence electrons. The van der Waals surface area contributed by atoms with Gasteiger partial charge in [-0.1, -0.05) is 66.0 Å². The van der Waals surface area contributed by atoms with E-state index in [1.165, 1.54) is 64.2 Å². The standard InChI is InChI=1S/C29H49Cl/c1-7-21(19(2)3)9-8-20(4)25-12-13-26-24-11-10-22-18-23(30)14-16-28(22,5)27(24)15-17-29(25,26)6/h10,19-21,23-27H,7-9,11-18H2,1-6H3/t20-,21?,23?,24+,25-,26+,27+,28+,29-/m1/s1. The summed E-state index contributed by atoms with van der Waals surface area (Å²) < 4.78 is 0. The summed E-state index contributed by atoms with van der Waals surface area (Å²) in [7, 11) is 0. The first-order valence-corrected chi connectivity index (χ1v) is 14.0. The Morgan fingerprint density at radius 2 is 1.77 bits per heavy atom. The van der Waals surface area contributed by atoms with Crippen LogP contribution in [0.5, 0.6) is 0 Å². The minimum absolute atomic E-state index is 0.393. The molecule has 0 aliphatic heterocycles. The van der Waals surface area contributed by atoms with Crippen molar-refractivity contribution in [1.82, 2.24) is 0 Å². The van der Waals surface area contributed by atoms with Gasteiger partial charge in [-0.15, -0.1) is 11.6 Å². The molecule has 0 radical (unpaired) electrons. The van der Waals surface area contributed by atoms with Crippen molar-refractivity contribution in [3.05, 3.63) is 11.6 Å². The number of alkyl halides is 1. The Morgan fingerprint density at radius 1 is 1.00 bits per heavy atom. The van der Waals surface area contributed by atoms with Gasteiger partial charge in [0.05, 0.1) is 0 Å². The molecule has 0 aromatic rings. The van der Waals surface area contributed by atoms with E-state index in [1.54, 1.807) is 5.57 Å². The van der Waals surface area contributed by atoms with Crippen LogP contribution in [-0.4, -0.2) is 5.38 Å². The molecule has 0 nitrogen and oxygen atoms in total. The van der Waals surface area contributed by atoms with E-state index in [0.717, 1.165) is 47.8 Å². The summed E-state index contributed by atoms with van der Waals surface area (Å²) in [6.07, 6.45) is 18.0. The number of rotatable bonds is 6. The van der Waals surface area contributed by atoms with Crippen LogP contribution in [0, 0.1) is 52.3 Å². The van der Waals surface area contributed by atoms with Gasteiger partial charge in [0.15, 0.2) is 0 Å². The molecule has 0 aromatic heterocycles. The van der Waals surface area contributed by atoms with Crippen LogP contribution >= 0.6 is 11.6 Å². The number of hydrogen-bond donors (Lipinski definition) is 0. The Morgan fingerprint density at radius 3 is 2.47 bits per heavy atom. The fraction of sp³-hybridized carbons (Fsp3) is 0.931. The summed E-state index contributed by atoms with van der Waals surface area (Å²) in [5, 5.41) is 0.393. The highest BCUT2D eigenvalue weighted by atomic mass is 35.5. The zero-order valence-corrected chi connectivity index (χ0v) is 21.6. The average Bonchev–Trinajstić information content (AvgIpc) is 3.06. The molecule has 30 heavy (non-hydrogen) atoms. The minimum Gasteiger partial charge on any atom is -0.123 e. The van der Waals surface area contributed by atoms with Crippen molar-refractivity contribution in [2.24, 2.45) is 52.3 Å². The lowest BCUT2D eigenvalue weighted by Gasteiger charge is -2.58. The highest BCUT2D eigenvalue weighted by Crippen LogP contribution is 2.67. The first-order chi connectivity index (χ1) is 14.2. The highest BCUT2D eigenvalue weighted by molar-refractivity contribution is 6.20. The van der Waals surface area contributed by atoms with Crippen LogP contribution in [0.2, 0.25) is 0 Å². The zero-order valence-electron chi connectivity index (χ0n) is 20.9. The van der Waals surface area contributed by atoms with Crippen LogP contribution in [0.4, 0.5) is 0 Å². The maximum Gasteiger partial charge on any atom is 0.0373 e. The topological polar surface area (TPSA) is 0 Å². The lowest BCUT2D eigenvalue weighted by molar-refractivity contribution is -0.0501. The van der Waals surface area contributed by atoms with Gasteiger partial charge in [-0.05, 0) is 110 Å². The normalized spacial score (nSPS) is 45.3. The average molecular weight is 433 g/mol. The lowest BCUT2D eigenvalue weighted by atomic mass is 9.47. The number of fused-ring (bicyclic) bond motifs is 5. The molecule has 4 aliphatic rings. The van der Waals surface area contributed by atoms with Gasteiger partial charge in [0.1, 0.15) is 0 Å². The molecule has 3 fully saturated rings. The van der Waals surface area contributed by atoms with E-state index >= 15 is 0 Å². The monoisotopic (exact) mass is 432 g/mol. The van der Waals surface area contributed by atoms with Crippen LogP contribution in [0.25, 0.3) is 0 Å². The second kappa shape index (κ2) is 8.76. The van der Waals surface area contributed by atoms with E-state index in [0.29, 0.717) is 16.2 Å². The van der Waals surface area contributed by atoms with Crippen LogP contribution in [0.3, 0.4) is 0 Å². The molecule has 0 spiro atoms. The van der Waals surface area contributed by atoms with Crippen molar-refractivity contribution in [2.75, 3.05) is 0 Å². The fourth-order valence-electron chi connectivity index (χ4n) is 9.28. The number of hydrogen-bond acceptors (Lipinski definition) is 0. The molecular weight excluding hydrogens is 384 g/mol. The van der Waals surface area contributed by atoms with Gasteiger partial charge in [0, 0.05) is 5.38 Å². The molecule has 0 amide bonds. The summed E-state index contributed by atoms with van der Waals surface area (Å²) >= 11 is 6.58. The summed E-state index contributed by atoms with van der Waals surface area (Å²) in [6, 6.07) is 0. The van der Waals surface area contributed by atoms with E-state index < -0.39 is 0 Å². The Bertz CT molecular complexity index is 634. The maximum absolute atomic E-state index is 6.58. The first-order valence-electron chi connectivity index (χ1n) is 13.5. The Kier molecular flexibility index (Phi) is 6.77. The molecule has 0 bridgehead atoms. The molecule has 1 heteroatoms. The van der Waals surface area contributed by atoms with Gasteiger partial charge >= 0.3 is 0 Å². The van der Waals surface area contributed by atoms with E-state index in [-0.39, 0.29) is 0 Å².